The van der Waals surface area contributed by atoms with Crippen molar-refractivity contribution >= 4 is 11.7 Å². The van der Waals surface area contributed by atoms with Gasteiger partial charge in [-0.3, -0.25) is 4.79 Å². The van der Waals surface area contributed by atoms with Gasteiger partial charge in [0.15, 0.2) is 5.84 Å². The summed E-state index contributed by atoms with van der Waals surface area (Å²) in [5, 5.41) is 11.4. The lowest BCUT2D eigenvalue weighted by Crippen LogP contribution is -2.45. The van der Waals surface area contributed by atoms with Crippen molar-refractivity contribution in [3.63, 3.8) is 0 Å². The van der Waals surface area contributed by atoms with E-state index in [1.54, 1.807) is 11.8 Å². The number of nitrogens with zero attached hydrogens (tertiary/aromatic N) is 2. The van der Waals surface area contributed by atoms with Gasteiger partial charge in [-0.15, -0.1) is 0 Å². The van der Waals surface area contributed by atoms with Crippen molar-refractivity contribution in [2.45, 2.75) is 26.7 Å². The molecule has 2 unspecified atom stereocenters. The zero-order valence-corrected chi connectivity index (χ0v) is 9.31. The zero-order chi connectivity index (χ0) is 11.4. The molecular formula is C10H19N3O2. The van der Waals surface area contributed by atoms with Crippen LogP contribution >= 0.6 is 0 Å². The first-order valence-corrected chi connectivity index (χ1v) is 5.32. The summed E-state index contributed by atoms with van der Waals surface area (Å²) in [6.45, 7) is 5.36. The molecule has 5 nitrogen and oxygen atoms in total. The van der Waals surface area contributed by atoms with Crippen LogP contribution in [0.2, 0.25) is 0 Å². The Labute approximate surface area is 89.9 Å². The van der Waals surface area contributed by atoms with Crippen LogP contribution in [0.3, 0.4) is 0 Å². The number of amidine groups is 1. The second kappa shape index (κ2) is 5.00. The number of hydrogen-bond acceptors (Lipinski definition) is 3. The molecule has 1 amide bonds. The first-order chi connectivity index (χ1) is 7.06. The molecule has 0 saturated carbocycles. The summed E-state index contributed by atoms with van der Waals surface area (Å²) in [7, 11) is 0. The summed E-state index contributed by atoms with van der Waals surface area (Å²) in [4.78, 5) is 13.7. The van der Waals surface area contributed by atoms with Crippen LogP contribution in [0.25, 0.3) is 0 Å². The van der Waals surface area contributed by atoms with Crippen molar-refractivity contribution in [3.05, 3.63) is 0 Å². The van der Waals surface area contributed by atoms with Gasteiger partial charge in [0, 0.05) is 13.1 Å². The van der Waals surface area contributed by atoms with Gasteiger partial charge in [0.1, 0.15) is 0 Å². The summed E-state index contributed by atoms with van der Waals surface area (Å²) < 4.78 is 0. The monoisotopic (exact) mass is 213 g/mol. The van der Waals surface area contributed by atoms with Crippen LogP contribution in [0.4, 0.5) is 0 Å². The van der Waals surface area contributed by atoms with Crippen molar-refractivity contribution in [3.8, 4) is 0 Å². The van der Waals surface area contributed by atoms with Crippen molar-refractivity contribution in [1.82, 2.24) is 4.90 Å². The minimum absolute atomic E-state index is 0.0155. The maximum absolute atomic E-state index is 11.9. The highest BCUT2D eigenvalue weighted by atomic mass is 16.4. The van der Waals surface area contributed by atoms with Crippen LogP contribution in [0, 0.1) is 11.8 Å². The highest BCUT2D eigenvalue weighted by Gasteiger charge is 2.26. The molecule has 0 spiro atoms. The number of amides is 1. The van der Waals surface area contributed by atoms with Gasteiger partial charge in [-0.05, 0) is 25.7 Å². The quantitative estimate of drug-likeness (QED) is 0.305. The van der Waals surface area contributed by atoms with Gasteiger partial charge < -0.3 is 15.8 Å². The van der Waals surface area contributed by atoms with Gasteiger partial charge in [0.05, 0.1) is 5.92 Å². The first-order valence-electron chi connectivity index (χ1n) is 5.32. The van der Waals surface area contributed by atoms with E-state index in [9.17, 15) is 4.79 Å². The highest BCUT2D eigenvalue weighted by molar-refractivity contribution is 6.01. The lowest BCUT2D eigenvalue weighted by Gasteiger charge is -2.32. The second-order valence-corrected chi connectivity index (χ2v) is 4.28. The Balaban J connectivity index is 2.59. The molecule has 0 radical (unpaired) electrons. The SMILES string of the molecule is CC1CCCN(C(=O)C(C)C(N)=NO)C1. The average molecular weight is 213 g/mol. The van der Waals surface area contributed by atoms with Crippen LogP contribution in [-0.2, 0) is 4.79 Å². The van der Waals surface area contributed by atoms with Crippen molar-refractivity contribution in [2.75, 3.05) is 13.1 Å². The van der Waals surface area contributed by atoms with Gasteiger partial charge in [-0.2, -0.15) is 0 Å². The van der Waals surface area contributed by atoms with E-state index in [0.717, 1.165) is 19.5 Å². The highest BCUT2D eigenvalue weighted by Crippen LogP contribution is 2.17. The molecule has 1 fully saturated rings. The average Bonchev–Trinajstić information content (AvgIpc) is 2.26. The summed E-state index contributed by atoms with van der Waals surface area (Å²) in [6.07, 6.45) is 2.21. The molecule has 2 atom stereocenters. The van der Waals surface area contributed by atoms with Crippen LogP contribution in [0.5, 0.6) is 0 Å². The Bertz CT molecular complexity index is 265. The van der Waals surface area contributed by atoms with Crippen molar-refractivity contribution < 1.29 is 10.0 Å². The fraction of sp³-hybridized carbons (Fsp3) is 0.800. The molecule has 0 aromatic heterocycles. The Kier molecular flexibility index (Phi) is 3.94. The molecule has 1 aliphatic rings. The van der Waals surface area contributed by atoms with Crippen LogP contribution in [0.1, 0.15) is 26.7 Å². The topological polar surface area (TPSA) is 78.9 Å². The molecule has 15 heavy (non-hydrogen) atoms. The smallest absolute Gasteiger partial charge is 0.233 e. The predicted octanol–water partition coefficient (Wildman–Crippen LogP) is 0.627. The number of carbonyl (C=O) groups is 1. The molecule has 1 aliphatic heterocycles. The molecule has 0 bridgehead atoms. The van der Waals surface area contributed by atoms with E-state index < -0.39 is 5.92 Å². The van der Waals surface area contributed by atoms with E-state index in [2.05, 4.69) is 12.1 Å². The zero-order valence-electron chi connectivity index (χ0n) is 9.31. The summed E-state index contributed by atoms with van der Waals surface area (Å²) in [5.74, 6) is -0.0439. The standard InChI is InChI=1S/C10H19N3O2/c1-7-4-3-5-13(6-7)10(14)8(2)9(11)12-15/h7-8,15H,3-6H2,1-2H3,(H2,11,12). The minimum atomic E-state index is -0.528. The fourth-order valence-electron chi connectivity index (χ4n) is 1.88. The van der Waals surface area contributed by atoms with Gasteiger partial charge in [-0.25, -0.2) is 0 Å². The fourth-order valence-corrected chi connectivity index (χ4v) is 1.88. The Morgan fingerprint density at radius 1 is 1.67 bits per heavy atom. The van der Waals surface area contributed by atoms with Crippen LogP contribution < -0.4 is 5.73 Å². The molecule has 5 heteroatoms. The summed E-state index contributed by atoms with van der Waals surface area (Å²) >= 11 is 0. The van der Waals surface area contributed by atoms with E-state index >= 15 is 0 Å². The molecule has 0 aliphatic carbocycles. The van der Waals surface area contributed by atoms with Crippen LogP contribution in [-0.4, -0.2) is 34.9 Å². The largest absolute Gasteiger partial charge is 0.409 e. The Hall–Kier alpha value is -1.26. The first kappa shape index (κ1) is 11.8. The number of hydrogen-bond donors (Lipinski definition) is 2. The van der Waals surface area contributed by atoms with Gasteiger partial charge in [-0.1, -0.05) is 12.1 Å². The maximum atomic E-state index is 11.9. The van der Waals surface area contributed by atoms with Gasteiger partial charge >= 0.3 is 0 Å². The summed E-state index contributed by atoms with van der Waals surface area (Å²) in [5.41, 5.74) is 5.41. The molecule has 0 aromatic carbocycles. The lowest BCUT2D eigenvalue weighted by molar-refractivity contribution is -0.134. The number of rotatable bonds is 2. The molecule has 1 saturated heterocycles. The third kappa shape index (κ3) is 2.84. The molecule has 3 N–H and O–H groups in total. The normalized spacial score (nSPS) is 25.1. The second-order valence-electron chi connectivity index (χ2n) is 4.28. The Morgan fingerprint density at radius 3 is 2.87 bits per heavy atom. The molecule has 86 valence electrons. The van der Waals surface area contributed by atoms with E-state index in [1.807, 2.05) is 0 Å². The van der Waals surface area contributed by atoms with Crippen molar-refractivity contribution in [1.29, 1.82) is 0 Å². The number of carbonyl (C=O) groups excluding carboxylic acids is 1. The number of piperidine rings is 1. The lowest BCUT2D eigenvalue weighted by atomic mass is 9.98. The summed E-state index contributed by atoms with van der Waals surface area (Å²) in [6, 6.07) is 0. The number of oxime groups is 1. The van der Waals surface area contributed by atoms with E-state index in [-0.39, 0.29) is 11.7 Å². The third-order valence-corrected chi connectivity index (χ3v) is 2.90. The number of likely N-dealkylation sites (tertiary alicyclic amines) is 1. The van der Waals surface area contributed by atoms with E-state index in [1.165, 1.54) is 6.42 Å². The maximum Gasteiger partial charge on any atom is 0.233 e. The van der Waals surface area contributed by atoms with Gasteiger partial charge in [0.2, 0.25) is 5.91 Å². The van der Waals surface area contributed by atoms with E-state index in [4.69, 9.17) is 10.9 Å². The van der Waals surface area contributed by atoms with Gasteiger partial charge in [0.25, 0.3) is 0 Å². The molecule has 0 aromatic rings. The molecular weight excluding hydrogens is 194 g/mol. The van der Waals surface area contributed by atoms with Crippen LogP contribution in [0.15, 0.2) is 5.16 Å². The predicted molar refractivity (Wildman–Crippen MR) is 57.6 cm³/mol. The van der Waals surface area contributed by atoms with E-state index in [0.29, 0.717) is 5.92 Å². The minimum Gasteiger partial charge on any atom is -0.409 e. The Morgan fingerprint density at radius 2 is 2.33 bits per heavy atom. The third-order valence-electron chi connectivity index (χ3n) is 2.90. The molecule has 1 heterocycles. The van der Waals surface area contributed by atoms with Crippen molar-refractivity contribution in [2.24, 2.45) is 22.7 Å². The molecule has 1 rings (SSSR count). The number of nitrogens with two attached hydrogens (primary N) is 1.